The lowest BCUT2D eigenvalue weighted by atomic mass is 10.1. The highest BCUT2D eigenvalue weighted by Crippen LogP contribution is 2.36. The largest absolute Gasteiger partial charge is 0.761 e. The molecule has 0 atom stereocenters. The van der Waals surface area contributed by atoms with Crippen molar-refractivity contribution in [1.29, 1.82) is 0 Å². The Kier molecular flexibility index (Phi) is 4.80. The van der Waals surface area contributed by atoms with Crippen molar-refractivity contribution in [1.82, 2.24) is 0 Å². The van der Waals surface area contributed by atoms with Gasteiger partial charge in [-0.25, -0.2) is 10.9 Å². The number of allylic oxidation sites excluding steroid dienone is 2. The Morgan fingerprint density at radius 3 is 2.58 bits per heavy atom. The van der Waals surface area contributed by atoms with Crippen LogP contribution < -0.4 is 0 Å². The molecule has 0 bridgehead atoms. The van der Waals surface area contributed by atoms with Crippen molar-refractivity contribution in [3.05, 3.63) is 51.5 Å². The number of nitrogens with zero attached hydrogens (tertiary/aromatic N) is 3. The first-order valence-electron chi connectivity index (χ1n) is 6.26. The highest BCUT2D eigenvalue weighted by atomic mass is 35.5. The Labute approximate surface area is 140 Å². The minimum absolute atomic E-state index is 0.249. The molecule has 10 heteroatoms. The van der Waals surface area contributed by atoms with Gasteiger partial charge in [-0.2, -0.15) is 26.0 Å². The molecule has 1 aromatic rings. The summed E-state index contributed by atoms with van der Waals surface area (Å²) in [5.74, 6) is 1.67. The molecule has 0 aromatic heterocycles. The molecule has 1 heterocycles. The Bertz CT molecular complexity index is 941. The maximum atomic E-state index is 12.9. The van der Waals surface area contributed by atoms with Crippen LogP contribution in [0.25, 0.3) is 5.41 Å². The zero-order valence-corrected chi connectivity index (χ0v) is 13.5. The highest BCUT2D eigenvalue weighted by molar-refractivity contribution is 7.90. The predicted octanol–water partition coefficient (Wildman–Crippen LogP) is 3.64. The van der Waals surface area contributed by atoms with Gasteiger partial charge in [0.1, 0.15) is 11.4 Å². The fourth-order valence-electron chi connectivity index (χ4n) is 1.77. The second kappa shape index (κ2) is 6.35. The number of dihydropyridines is 1. The van der Waals surface area contributed by atoms with E-state index in [1.807, 2.05) is 0 Å². The molecular formula is C14H8ClF3N3O2S-. The lowest BCUT2D eigenvalue weighted by Crippen LogP contribution is -2.11. The predicted molar refractivity (Wildman–Crippen MR) is 85.2 cm³/mol. The van der Waals surface area contributed by atoms with E-state index in [4.69, 9.17) is 17.0 Å². The number of benzene rings is 1. The third-order valence-corrected chi connectivity index (χ3v) is 4.49. The molecule has 0 amide bonds. The molecule has 0 saturated heterocycles. The topological polar surface area (TPSA) is 81.2 Å². The smallest absolute Gasteiger partial charge is 0.417 e. The maximum Gasteiger partial charge on any atom is 0.417 e. The zero-order chi connectivity index (χ0) is 18.1. The van der Waals surface area contributed by atoms with Crippen LogP contribution in [0, 0.1) is 0 Å². The van der Waals surface area contributed by atoms with Crippen LogP contribution in [-0.2, 0) is 16.2 Å². The third-order valence-electron chi connectivity index (χ3n) is 2.87. The standard InChI is InChI=1S/C14H8ClF3N3O2S/c1-8-4-12(13(6-19)20-7-8)21-24(22,23)9-2-3-11(15)10(5-9)14(16,17)18/h2-5,7H,1H3/q-1/b21-12+. The molecule has 0 unspecified atom stereocenters. The SMILES string of the molecule is CC1=C/C(=N\S(=O)(=O)c2ccc(Cl)c(C(F)(F)F)c2)C(=C=[N-])N=C1. The fraction of sp³-hybridized carbons (Fsp3) is 0.143. The van der Waals surface area contributed by atoms with E-state index in [-0.39, 0.29) is 11.4 Å². The third kappa shape index (κ3) is 3.81. The second-order valence-corrected chi connectivity index (χ2v) is 6.71. The molecule has 126 valence electrons. The summed E-state index contributed by atoms with van der Waals surface area (Å²) in [5, 5.41) is 8.30. The van der Waals surface area contributed by atoms with E-state index in [1.165, 1.54) is 12.3 Å². The number of sulfonamides is 1. The molecule has 0 aliphatic carbocycles. The van der Waals surface area contributed by atoms with Gasteiger partial charge in [-0.05, 0) is 36.8 Å². The van der Waals surface area contributed by atoms with E-state index in [9.17, 15) is 21.6 Å². The summed E-state index contributed by atoms with van der Waals surface area (Å²) in [6.07, 6.45) is -2.18. The van der Waals surface area contributed by atoms with Crippen molar-refractivity contribution in [2.45, 2.75) is 18.0 Å². The van der Waals surface area contributed by atoms with Gasteiger partial charge >= 0.3 is 6.18 Å². The van der Waals surface area contributed by atoms with Gasteiger partial charge in [-0.3, -0.25) is 0 Å². The second-order valence-electron chi connectivity index (χ2n) is 4.70. The lowest BCUT2D eigenvalue weighted by Gasteiger charge is -2.11. The monoisotopic (exact) mass is 374 g/mol. The molecule has 24 heavy (non-hydrogen) atoms. The van der Waals surface area contributed by atoms with Crippen molar-refractivity contribution in [2.24, 2.45) is 9.39 Å². The summed E-state index contributed by atoms with van der Waals surface area (Å²) in [5.41, 5.74) is -1.26. The molecule has 0 radical (unpaired) electrons. The van der Waals surface area contributed by atoms with Crippen molar-refractivity contribution in [3.8, 4) is 0 Å². The quantitative estimate of drug-likeness (QED) is 0.740. The Morgan fingerprint density at radius 1 is 1.33 bits per heavy atom. The molecule has 0 saturated carbocycles. The fourth-order valence-corrected chi connectivity index (χ4v) is 3.01. The van der Waals surface area contributed by atoms with E-state index < -0.39 is 31.7 Å². The minimum Gasteiger partial charge on any atom is -0.761 e. The lowest BCUT2D eigenvalue weighted by molar-refractivity contribution is -0.137. The molecule has 5 nitrogen and oxygen atoms in total. The van der Waals surface area contributed by atoms with E-state index in [0.29, 0.717) is 11.6 Å². The van der Waals surface area contributed by atoms with E-state index in [1.54, 1.807) is 12.8 Å². The van der Waals surface area contributed by atoms with Crippen LogP contribution in [0.4, 0.5) is 13.2 Å². The maximum absolute atomic E-state index is 12.9. The number of hydrogen-bond donors (Lipinski definition) is 0. The summed E-state index contributed by atoms with van der Waals surface area (Å²) >= 11 is 5.46. The van der Waals surface area contributed by atoms with Gasteiger partial charge in [0.05, 0.1) is 15.5 Å². The Morgan fingerprint density at radius 2 is 2.00 bits per heavy atom. The van der Waals surface area contributed by atoms with Crippen LogP contribution in [-0.4, -0.2) is 26.2 Å². The van der Waals surface area contributed by atoms with Gasteiger partial charge < -0.3 is 5.41 Å². The molecule has 2 rings (SSSR count). The van der Waals surface area contributed by atoms with Gasteiger partial charge in [0.15, 0.2) is 0 Å². The average Bonchev–Trinajstić information content (AvgIpc) is 2.46. The van der Waals surface area contributed by atoms with Crippen LogP contribution >= 0.6 is 11.6 Å². The summed E-state index contributed by atoms with van der Waals surface area (Å²) in [7, 11) is -4.49. The minimum atomic E-state index is -4.81. The molecule has 0 N–H and O–H groups in total. The number of alkyl halides is 3. The molecule has 0 fully saturated rings. The van der Waals surface area contributed by atoms with Crippen LogP contribution in [0.5, 0.6) is 0 Å². The number of halogens is 4. The van der Waals surface area contributed by atoms with Gasteiger partial charge in [-0.1, -0.05) is 11.6 Å². The average molecular weight is 375 g/mol. The van der Waals surface area contributed by atoms with Crippen LogP contribution in [0.2, 0.25) is 5.02 Å². The summed E-state index contributed by atoms with van der Waals surface area (Å²) < 4.78 is 66.5. The Balaban J connectivity index is 2.58. The molecular weight excluding hydrogens is 367 g/mol. The molecule has 1 aliphatic heterocycles. The van der Waals surface area contributed by atoms with E-state index in [0.717, 1.165) is 12.1 Å². The molecule has 1 aliphatic rings. The van der Waals surface area contributed by atoms with Gasteiger partial charge in [0.25, 0.3) is 10.0 Å². The first-order chi connectivity index (χ1) is 11.0. The van der Waals surface area contributed by atoms with Crippen LogP contribution in [0.3, 0.4) is 0 Å². The summed E-state index contributed by atoms with van der Waals surface area (Å²) in [6.45, 7) is 1.60. The van der Waals surface area contributed by atoms with Crippen molar-refractivity contribution < 1.29 is 21.6 Å². The number of hydrogen-bond acceptors (Lipinski definition) is 3. The zero-order valence-electron chi connectivity index (χ0n) is 12.0. The number of aliphatic imine (C=N–C) groups is 1. The van der Waals surface area contributed by atoms with Gasteiger partial charge in [-0.15, -0.1) is 0 Å². The van der Waals surface area contributed by atoms with Gasteiger partial charge in [0.2, 0.25) is 0 Å². The highest BCUT2D eigenvalue weighted by Gasteiger charge is 2.34. The van der Waals surface area contributed by atoms with Crippen LogP contribution in [0.1, 0.15) is 12.5 Å². The van der Waals surface area contributed by atoms with E-state index in [2.05, 4.69) is 9.39 Å². The van der Waals surface area contributed by atoms with Crippen molar-refractivity contribution >= 4 is 39.4 Å². The molecule has 0 spiro atoms. The summed E-state index contributed by atoms with van der Waals surface area (Å²) in [4.78, 5) is 3.03. The van der Waals surface area contributed by atoms with E-state index >= 15 is 0 Å². The normalized spacial score (nSPS) is 17.0. The molecule has 1 aromatic carbocycles. The van der Waals surface area contributed by atoms with Crippen molar-refractivity contribution in [3.63, 3.8) is 0 Å². The van der Waals surface area contributed by atoms with Gasteiger partial charge in [0, 0.05) is 6.21 Å². The summed E-state index contributed by atoms with van der Waals surface area (Å²) in [6, 6.07) is 2.13. The van der Waals surface area contributed by atoms with Crippen molar-refractivity contribution in [2.75, 3.05) is 0 Å². The Hall–Kier alpha value is -2.22. The first-order valence-corrected chi connectivity index (χ1v) is 8.08. The van der Waals surface area contributed by atoms with Crippen LogP contribution in [0.15, 0.2) is 49.8 Å². The number of rotatable bonds is 2. The first kappa shape index (κ1) is 18.1.